The predicted molar refractivity (Wildman–Crippen MR) is 103 cm³/mol. The number of nitrogens with one attached hydrogen (secondary N) is 2. The van der Waals surface area contributed by atoms with E-state index in [2.05, 4.69) is 20.5 Å². The van der Waals surface area contributed by atoms with E-state index in [1.165, 1.54) is 12.1 Å². The number of likely N-dealkylation sites (N-methyl/N-ethyl adjacent to an activating group) is 1. The molecule has 0 aliphatic carbocycles. The number of hydrogen-bond donors (Lipinski definition) is 2. The summed E-state index contributed by atoms with van der Waals surface area (Å²) < 4.78 is 13.0. The van der Waals surface area contributed by atoms with Gasteiger partial charge in [-0.3, -0.25) is 9.69 Å². The van der Waals surface area contributed by atoms with E-state index in [1.54, 1.807) is 19.0 Å². The van der Waals surface area contributed by atoms with Crippen LogP contribution in [0.5, 0.6) is 0 Å². The molecule has 1 heterocycles. The first kappa shape index (κ1) is 20.2. The summed E-state index contributed by atoms with van der Waals surface area (Å²) in [6, 6.07) is 7.05. The number of guanidine groups is 1. The Hall–Kier alpha value is -2.15. The Kier molecular flexibility index (Phi) is 7.84. The number of amides is 1. The zero-order valence-electron chi connectivity index (χ0n) is 16.0. The number of carbonyl (C=O) groups is 1. The summed E-state index contributed by atoms with van der Waals surface area (Å²) >= 11 is 0. The Balaban J connectivity index is 1.80. The number of piperidine rings is 1. The number of nitrogens with zero attached hydrogens (tertiary/aromatic N) is 3. The van der Waals surface area contributed by atoms with Gasteiger partial charge in [-0.25, -0.2) is 9.38 Å². The summed E-state index contributed by atoms with van der Waals surface area (Å²) in [5.74, 6) is 0.482. The molecule has 1 aliphatic rings. The van der Waals surface area contributed by atoms with Gasteiger partial charge in [-0.15, -0.1) is 0 Å². The minimum absolute atomic E-state index is 0.0173. The van der Waals surface area contributed by atoms with E-state index in [4.69, 9.17) is 0 Å². The fraction of sp³-hybridized carbons (Fsp3) is 0.579. The highest BCUT2D eigenvalue weighted by Gasteiger charge is 2.20. The second-order valence-corrected chi connectivity index (χ2v) is 6.80. The van der Waals surface area contributed by atoms with Crippen molar-refractivity contribution in [3.8, 4) is 0 Å². The van der Waals surface area contributed by atoms with Crippen molar-refractivity contribution >= 4 is 11.9 Å². The van der Waals surface area contributed by atoms with Crippen molar-refractivity contribution in [2.45, 2.75) is 32.4 Å². The maximum absolute atomic E-state index is 13.0. The minimum atomic E-state index is -0.195. The van der Waals surface area contributed by atoms with Gasteiger partial charge in [0.25, 0.3) is 0 Å². The van der Waals surface area contributed by atoms with Gasteiger partial charge in [0.1, 0.15) is 12.4 Å². The third-order valence-corrected chi connectivity index (χ3v) is 4.46. The van der Waals surface area contributed by atoms with Gasteiger partial charge in [0.15, 0.2) is 5.96 Å². The van der Waals surface area contributed by atoms with Crippen LogP contribution < -0.4 is 10.6 Å². The second-order valence-electron chi connectivity index (χ2n) is 6.80. The molecule has 0 saturated carbocycles. The molecule has 1 aromatic carbocycles. The first-order chi connectivity index (χ1) is 12.5. The van der Waals surface area contributed by atoms with Crippen molar-refractivity contribution in [2.75, 3.05) is 40.3 Å². The molecule has 6 nitrogen and oxygen atoms in total. The number of benzene rings is 1. The number of likely N-dealkylation sites (tertiary alicyclic amines) is 1. The highest BCUT2D eigenvalue weighted by atomic mass is 19.1. The molecule has 2 N–H and O–H groups in total. The van der Waals surface area contributed by atoms with E-state index in [1.807, 2.05) is 19.1 Å². The predicted octanol–water partition coefficient (Wildman–Crippen LogP) is 1.43. The summed E-state index contributed by atoms with van der Waals surface area (Å²) in [4.78, 5) is 20.0. The molecule has 0 aromatic heterocycles. The zero-order valence-corrected chi connectivity index (χ0v) is 16.0. The second kappa shape index (κ2) is 10.1. The van der Waals surface area contributed by atoms with Crippen molar-refractivity contribution in [3.05, 3.63) is 35.6 Å². The quantitative estimate of drug-likeness (QED) is 0.593. The Morgan fingerprint density at radius 1 is 1.27 bits per heavy atom. The highest BCUT2D eigenvalue weighted by molar-refractivity contribution is 5.84. The van der Waals surface area contributed by atoms with Gasteiger partial charge >= 0.3 is 0 Å². The summed E-state index contributed by atoms with van der Waals surface area (Å²) in [5, 5.41) is 6.63. The third-order valence-electron chi connectivity index (χ3n) is 4.46. The van der Waals surface area contributed by atoms with Gasteiger partial charge in [-0.2, -0.15) is 0 Å². The molecule has 0 spiro atoms. The number of carbonyl (C=O) groups excluding carboxylic acids is 1. The van der Waals surface area contributed by atoms with Crippen molar-refractivity contribution in [1.29, 1.82) is 0 Å². The van der Waals surface area contributed by atoms with Crippen LogP contribution >= 0.6 is 0 Å². The third kappa shape index (κ3) is 6.63. The Bertz CT molecular complexity index is 594. The fourth-order valence-corrected chi connectivity index (χ4v) is 2.88. The molecule has 1 amide bonds. The number of rotatable bonds is 6. The largest absolute Gasteiger partial charge is 0.357 e. The lowest BCUT2D eigenvalue weighted by molar-refractivity contribution is -0.127. The molecule has 1 aliphatic heterocycles. The van der Waals surface area contributed by atoms with Crippen LogP contribution in [0.2, 0.25) is 0 Å². The van der Waals surface area contributed by atoms with Gasteiger partial charge in [0.2, 0.25) is 5.91 Å². The highest BCUT2D eigenvalue weighted by Crippen LogP contribution is 2.14. The summed E-state index contributed by atoms with van der Waals surface area (Å²) in [7, 11) is 3.46. The summed E-state index contributed by atoms with van der Waals surface area (Å²) in [6.07, 6.45) is 2.01. The SMILES string of the molecule is CCNC(=NCC(=O)N(C)C)NC1CCN(Cc2ccc(F)cc2)CC1. The van der Waals surface area contributed by atoms with Gasteiger partial charge in [-0.05, 0) is 37.5 Å². The summed E-state index contributed by atoms with van der Waals surface area (Å²) in [5.41, 5.74) is 1.13. The standard InChI is InChI=1S/C19H30FN5O/c1-4-21-19(22-13-18(26)24(2)3)23-17-9-11-25(12-10-17)14-15-5-7-16(20)8-6-15/h5-8,17H,4,9-14H2,1-3H3,(H2,21,22,23). The molecular formula is C19H30FN5O. The topological polar surface area (TPSA) is 60.0 Å². The maximum Gasteiger partial charge on any atom is 0.243 e. The minimum Gasteiger partial charge on any atom is -0.357 e. The van der Waals surface area contributed by atoms with E-state index in [9.17, 15) is 9.18 Å². The fourth-order valence-electron chi connectivity index (χ4n) is 2.88. The molecule has 0 atom stereocenters. The van der Waals surface area contributed by atoms with Crippen molar-refractivity contribution in [3.63, 3.8) is 0 Å². The summed E-state index contributed by atoms with van der Waals surface area (Å²) in [6.45, 7) is 5.71. The first-order valence-electron chi connectivity index (χ1n) is 9.19. The number of halogens is 1. The molecule has 1 aromatic rings. The van der Waals surface area contributed by atoms with E-state index >= 15 is 0 Å². The van der Waals surface area contributed by atoms with Crippen LogP contribution in [0.1, 0.15) is 25.3 Å². The molecular weight excluding hydrogens is 333 g/mol. The van der Waals surface area contributed by atoms with Crippen LogP contribution in [0.15, 0.2) is 29.3 Å². The molecule has 1 fully saturated rings. The first-order valence-corrected chi connectivity index (χ1v) is 9.19. The van der Waals surface area contributed by atoms with E-state index in [0.29, 0.717) is 12.0 Å². The van der Waals surface area contributed by atoms with E-state index in [-0.39, 0.29) is 18.3 Å². The van der Waals surface area contributed by atoms with Crippen LogP contribution in [0, 0.1) is 5.82 Å². The average Bonchev–Trinajstić information content (AvgIpc) is 2.63. The van der Waals surface area contributed by atoms with Crippen LogP contribution in [0.3, 0.4) is 0 Å². The zero-order chi connectivity index (χ0) is 18.9. The lowest BCUT2D eigenvalue weighted by Gasteiger charge is -2.33. The Morgan fingerprint density at radius 2 is 1.92 bits per heavy atom. The average molecular weight is 363 g/mol. The Morgan fingerprint density at radius 3 is 2.50 bits per heavy atom. The van der Waals surface area contributed by atoms with E-state index in [0.717, 1.165) is 44.6 Å². The monoisotopic (exact) mass is 363 g/mol. The molecule has 7 heteroatoms. The molecule has 144 valence electrons. The van der Waals surface area contributed by atoms with Gasteiger partial charge in [-0.1, -0.05) is 12.1 Å². The molecule has 2 rings (SSSR count). The molecule has 26 heavy (non-hydrogen) atoms. The van der Waals surface area contributed by atoms with Gasteiger partial charge in [0, 0.05) is 46.3 Å². The molecule has 1 saturated heterocycles. The molecule has 0 bridgehead atoms. The van der Waals surface area contributed by atoms with Crippen LogP contribution in [-0.4, -0.2) is 68.0 Å². The van der Waals surface area contributed by atoms with Gasteiger partial charge in [0.05, 0.1) is 0 Å². The molecule has 0 radical (unpaired) electrons. The van der Waals surface area contributed by atoms with Gasteiger partial charge < -0.3 is 15.5 Å². The van der Waals surface area contributed by atoms with Crippen LogP contribution in [0.25, 0.3) is 0 Å². The number of aliphatic imine (C=N–C) groups is 1. The molecule has 0 unspecified atom stereocenters. The van der Waals surface area contributed by atoms with Crippen molar-refractivity contribution in [1.82, 2.24) is 20.4 Å². The Labute approximate surface area is 155 Å². The smallest absolute Gasteiger partial charge is 0.243 e. The van der Waals surface area contributed by atoms with Crippen molar-refractivity contribution in [2.24, 2.45) is 4.99 Å². The van der Waals surface area contributed by atoms with Crippen LogP contribution in [-0.2, 0) is 11.3 Å². The normalized spacial score (nSPS) is 16.4. The van der Waals surface area contributed by atoms with Crippen molar-refractivity contribution < 1.29 is 9.18 Å². The van der Waals surface area contributed by atoms with Crippen LogP contribution in [0.4, 0.5) is 4.39 Å². The lowest BCUT2D eigenvalue weighted by Crippen LogP contribution is -2.48. The lowest BCUT2D eigenvalue weighted by atomic mass is 10.0. The van der Waals surface area contributed by atoms with E-state index < -0.39 is 0 Å². The maximum atomic E-state index is 13.0. The number of hydrogen-bond acceptors (Lipinski definition) is 3.